The number of oxazole rings is 1. The number of aromatic nitrogens is 2. The molecule has 12 rings (SSSR count). The normalized spacial score (nSPS) is 11.8. The summed E-state index contributed by atoms with van der Waals surface area (Å²) in [6.07, 6.45) is 0. The van der Waals surface area contributed by atoms with Crippen LogP contribution in [0.2, 0.25) is 0 Å². The Morgan fingerprint density at radius 3 is 1.93 bits per heavy atom. The van der Waals surface area contributed by atoms with E-state index in [9.17, 15) is 0 Å². The van der Waals surface area contributed by atoms with Crippen molar-refractivity contribution in [2.45, 2.75) is 0 Å². The second kappa shape index (κ2) is 13.1. The van der Waals surface area contributed by atoms with Crippen molar-refractivity contribution in [3.05, 3.63) is 200 Å². The summed E-state index contributed by atoms with van der Waals surface area (Å²) in [6, 6.07) is 71.6. The van der Waals surface area contributed by atoms with Gasteiger partial charge in [-0.1, -0.05) is 115 Å². The van der Waals surface area contributed by atoms with Gasteiger partial charge in [-0.2, -0.15) is 0 Å². The molecule has 0 bridgehead atoms. The molecule has 3 aromatic heterocycles. The maximum Gasteiger partial charge on any atom is 0.227 e. The predicted octanol–water partition coefficient (Wildman–Crippen LogP) is 15.2. The van der Waals surface area contributed by atoms with Crippen molar-refractivity contribution in [2.75, 3.05) is 4.90 Å². The lowest BCUT2D eigenvalue weighted by molar-refractivity contribution is 0.623. The molecule has 0 aliphatic carbocycles. The third-order valence-electron chi connectivity index (χ3n) is 11.4. The van der Waals surface area contributed by atoms with Crippen molar-refractivity contribution in [3.63, 3.8) is 0 Å². The van der Waals surface area contributed by atoms with E-state index < -0.39 is 0 Å². The van der Waals surface area contributed by atoms with Crippen molar-refractivity contribution in [3.8, 4) is 28.3 Å². The van der Waals surface area contributed by atoms with Gasteiger partial charge in [0, 0.05) is 70.2 Å². The molecule has 3 heterocycles. The first-order valence-electron chi connectivity index (χ1n) is 19.5. The zero-order chi connectivity index (χ0) is 38.2. The van der Waals surface area contributed by atoms with Crippen LogP contribution in [0.5, 0.6) is 0 Å². The summed E-state index contributed by atoms with van der Waals surface area (Å²) >= 11 is 1.84. The van der Waals surface area contributed by atoms with Crippen LogP contribution in [0, 0.1) is 0 Å². The zero-order valence-corrected chi connectivity index (χ0v) is 32.0. The molecule has 4 nitrogen and oxygen atoms in total. The van der Waals surface area contributed by atoms with Crippen LogP contribution in [-0.4, -0.2) is 9.55 Å². The van der Waals surface area contributed by atoms with Gasteiger partial charge in [0.05, 0.1) is 11.0 Å². The van der Waals surface area contributed by atoms with E-state index in [2.05, 4.69) is 179 Å². The molecule has 0 atom stereocenters. The highest BCUT2D eigenvalue weighted by atomic mass is 32.1. The van der Waals surface area contributed by atoms with Gasteiger partial charge in [0.1, 0.15) is 5.52 Å². The van der Waals surface area contributed by atoms with Gasteiger partial charge in [0.15, 0.2) is 5.58 Å². The number of hydrogen-bond donors (Lipinski definition) is 0. The molecular weight excluding hydrogens is 727 g/mol. The highest BCUT2D eigenvalue weighted by Gasteiger charge is 2.21. The molecule has 12 aromatic rings. The van der Waals surface area contributed by atoms with Crippen LogP contribution < -0.4 is 4.90 Å². The van der Waals surface area contributed by atoms with E-state index in [0.717, 1.165) is 66.8 Å². The van der Waals surface area contributed by atoms with Crippen LogP contribution in [0.25, 0.3) is 92.1 Å². The first-order valence-corrected chi connectivity index (χ1v) is 20.4. The number of nitrogens with zero attached hydrogens (tertiary/aromatic N) is 3. The van der Waals surface area contributed by atoms with Crippen LogP contribution in [0.3, 0.4) is 0 Å². The third-order valence-corrected chi connectivity index (χ3v) is 12.5. The van der Waals surface area contributed by atoms with Crippen molar-refractivity contribution < 1.29 is 4.42 Å². The minimum absolute atomic E-state index is 0.621. The monoisotopic (exact) mass is 759 g/mol. The summed E-state index contributed by atoms with van der Waals surface area (Å²) in [4.78, 5) is 7.50. The van der Waals surface area contributed by atoms with Crippen LogP contribution in [0.1, 0.15) is 0 Å². The number of fused-ring (bicyclic) bond motifs is 9. The van der Waals surface area contributed by atoms with E-state index in [1.165, 1.54) is 36.5 Å². The molecule has 0 aliphatic heterocycles. The largest absolute Gasteiger partial charge is 0.435 e. The van der Waals surface area contributed by atoms with Crippen LogP contribution in [0.15, 0.2) is 205 Å². The van der Waals surface area contributed by atoms with Crippen LogP contribution in [0.4, 0.5) is 17.1 Å². The number of hydrogen-bond acceptors (Lipinski definition) is 4. The molecule has 9 aromatic carbocycles. The highest BCUT2D eigenvalue weighted by Crippen LogP contribution is 2.44. The topological polar surface area (TPSA) is 34.2 Å². The Morgan fingerprint density at radius 2 is 1.09 bits per heavy atom. The lowest BCUT2D eigenvalue weighted by atomic mass is 9.99. The van der Waals surface area contributed by atoms with E-state index in [1.54, 1.807) is 0 Å². The maximum atomic E-state index is 6.54. The van der Waals surface area contributed by atoms with E-state index in [-0.39, 0.29) is 0 Å². The first kappa shape index (κ1) is 32.7. The van der Waals surface area contributed by atoms with Gasteiger partial charge in [0.2, 0.25) is 5.89 Å². The van der Waals surface area contributed by atoms with Crippen LogP contribution >= 0.6 is 11.3 Å². The van der Waals surface area contributed by atoms with Gasteiger partial charge in [0.25, 0.3) is 0 Å². The molecule has 0 spiro atoms. The summed E-state index contributed by atoms with van der Waals surface area (Å²) in [5, 5.41) is 7.17. The number of rotatable bonds is 6. The molecule has 58 heavy (non-hydrogen) atoms. The Bertz CT molecular complexity index is 3510. The SMILES string of the molecule is c1ccc(-c2nc3c(-c4ccc(N(c5ccc6sc7ccccc7c6c5)c5ccc6c7ccccc7n(-c7ccccc7)c6c5)cc4)cc4ccccc4c3o2)cc1. The van der Waals surface area contributed by atoms with Crippen molar-refractivity contribution in [2.24, 2.45) is 0 Å². The second-order valence-electron chi connectivity index (χ2n) is 14.8. The Labute approximate surface area is 338 Å². The summed E-state index contributed by atoms with van der Waals surface area (Å²) in [7, 11) is 0. The summed E-state index contributed by atoms with van der Waals surface area (Å²) in [5.74, 6) is 0.621. The molecule has 0 saturated carbocycles. The number of thiophene rings is 1. The maximum absolute atomic E-state index is 6.54. The van der Waals surface area contributed by atoms with Crippen molar-refractivity contribution >= 4 is 92.2 Å². The van der Waals surface area contributed by atoms with Crippen LogP contribution in [-0.2, 0) is 0 Å². The van der Waals surface area contributed by atoms with Gasteiger partial charge < -0.3 is 13.9 Å². The van der Waals surface area contributed by atoms with Gasteiger partial charge in [-0.3, -0.25) is 0 Å². The molecule has 0 N–H and O–H groups in total. The average Bonchev–Trinajstić information content (AvgIpc) is 4.00. The molecule has 272 valence electrons. The number of para-hydroxylation sites is 2. The molecule has 0 saturated heterocycles. The quantitative estimate of drug-likeness (QED) is 0.169. The van der Waals surface area contributed by atoms with E-state index in [1.807, 2.05) is 41.7 Å². The smallest absolute Gasteiger partial charge is 0.227 e. The standard InChI is InChI=1S/C53H33N3OS/c1-3-13-35(14-4-1)53-54-51-45(31-36-15-7-8-18-41(36)52(51)57-53)34-23-25-38(26-24-34)55(39-28-30-50-46(32-39)44-20-10-12-22-49(44)58-50)40-27-29-43-42-19-9-11-21-47(42)56(48(43)33-40)37-16-5-2-6-17-37/h1-33H. The molecule has 0 fully saturated rings. The first-order chi connectivity index (χ1) is 28.7. The van der Waals surface area contributed by atoms with Gasteiger partial charge in [-0.15, -0.1) is 11.3 Å². The minimum atomic E-state index is 0.621. The van der Waals surface area contributed by atoms with E-state index in [4.69, 9.17) is 9.40 Å². The fourth-order valence-corrected chi connectivity index (χ4v) is 9.79. The highest BCUT2D eigenvalue weighted by molar-refractivity contribution is 7.25. The van der Waals surface area contributed by atoms with Gasteiger partial charge in [-0.25, -0.2) is 4.98 Å². The van der Waals surface area contributed by atoms with E-state index in [0.29, 0.717) is 5.89 Å². The minimum Gasteiger partial charge on any atom is -0.435 e. The number of benzene rings is 9. The second-order valence-corrected chi connectivity index (χ2v) is 15.8. The zero-order valence-electron chi connectivity index (χ0n) is 31.2. The average molecular weight is 760 g/mol. The molecular formula is C53H33N3OS. The third kappa shape index (κ3) is 5.18. The molecule has 0 unspecified atom stereocenters. The van der Waals surface area contributed by atoms with Crippen molar-refractivity contribution in [1.29, 1.82) is 0 Å². The van der Waals surface area contributed by atoms with Gasteiger partial charge in [-0.05, 0) is 95.9 Å². The lowest BCUT2D eigenvalue weighted by Crippen LogP contribution is -2.10. The Morgan fingerprint density at radius 1 is 0.448 bits per heavy atom. The molecule has 5 heteroatoms. The fourth-order valence-electron chi connectivity index (χ4n) is 8.71. The summed E-state index contributed by atoms with van der Waals surface area (Å²) < 4.78 is 11.5. The van der Waals surface area contributed by atoms with Gasteiger partial charge >= 0.3 is 0 Å². The number of anilines is 3. The fraction of sp³-hybridized carbons (Fsp3) is 0. The predicted molar refractivity (Wildman–Crippen MR) is 244 cm³/mol. The molecule has 0 amide bonds. The molecule has 0 radical (unpaired) electrons. The Kier molecular flexibility index (Phi) is 7.37. The lowest BCUT2D eigenvalue weighted by Gasteiger charge is -2.26. The Balaban J connectivity index is 1.06. The van der Waals surface area contributed by atoms with Crippen molar-refractivity contribution in [1.82, 2.24) is 9.55 Å². The van der Waals surface area contributed by atoms with E-state index >= 15 is 0 Å². The Hall–Kier alpha value is -7.47. The summed E-state index contributed by atoms with van der Waals surface area (Å²) in [6.45, 7) is 0. The summed E-state index contributed by atoms with van der Waals surface area (Å²) in [5.41, 5.74) is 11.5. The molecule has 0 aliphatic rings.